The van der Waals surface area contributed by atoms with Crippen molar-refractivity contribution in [2.24, 2.45) is 10.8 Å². The molecule has 295 valence electrons. The first-order chi connectivity index (χ1) is 27.0. The summed E-state index contributed by atoms with van der Waals surface area (Å²) in [4.78, 5) is 0. The van der Waals surface area contributed by atoms with Gasteiger partial charge in [-0.05, 0) is 0 Å². The molecule has 2 saturated carbocycles. The van der Waals surface area contributed by atoms with Gasteiger partial charge in [-0.2, -0.15) is 0 Å². The molecule has 0 spiro atoms. The van der Waals surface area contributed by atoms with Crippen LogP contribution in [0.15, 0.2) is 108 Å². The van der Waals surface area contributed by atoms with Crippen molar-refractivity contribution in [3.8, 4) is 22.3 Å². The van der Waals surface area contributed by atoms with Gasteiger partial charge in [-0.3, -0.25) is 0 Å². The van der Waals surface area contributed by atoms with Crippen molar-refractivity contribution in [2.45, 2.75) is 137 Å². The molecule has 2 unspecified atom stereocenters. The summed E-state index contributed by atoms with van der Waals surface area (Å²) in [6, 6.07) is 36.4. The molecule has 56 heavy (non-hydrogen) atoms. The number of hydrogen-bond donors (Lipinski definition) is 0. The van der Waals surface area contributed by atoms with Gasteiger partial charge in [0.05, 0.1) is 0 Å². The van der Waals surface area contributed by atoms with Crippen LogP contribution in [-0.4, -0.2) is 5.92 Å². The van der Waals surface area contributed by atoms with Crippen molar-refractivity contribution in [1.82, 2.24) is 0 Å². The third kappa shape index (κ3) is 7.78. The monoisotopic (exact) mass is 877 g/mol. The van der Waals surface area contributed by atoms with Gasteiger partial charge in [0, 0.05) is 0 Å². The summed E-state index contributed by atoms with van der Waals surface area (Å²) >= 11 is -5.06. The minimum atomic E-state index is -5.06. The van der Waals surface area contributed by atoms with Crippen LogP contribution in [0.2, 0.25) is 13.1 Å². The van der Waals surface area contributed by atoms with E-state index in [0.29, 0.717) is 0 Å². The predicted octanol–water partition coefficient (Wildman–Crippen LogP) is 16.9. The molecule has 0 N–H and O–H groups in total. The molecule has 0 radical (unpaired) electrons. The van der Waals surface area contributed by atoms with Crippen LogP contribution < -0.4 is 0 Å². The van der Waals surface area contributed by atoms with Crippen LogP contribution in [0.1, 0.15) is 146 Å². The van der Waals surface area contributed by atoms with E-state index >= 15 is 0 Å². The van der Waals surface area contributed by atoms with E-state index in [0.717, 1.165) is 12.8 Å². The molecule has 0 bridgehead atoms. The summed E-state index contributed by atoms with van der Waals surface area (Å²) in [6.45, 7) is 10.3. The van der Waals surface area contributed by atoms with Gasteiger partial charge in [0.1, 0.15) is 0 Å². The summed E-state index contributed by atoms with van der Waals surface area (Å²) in [7, 11) is 18.4. The minimum absolute atomic E-state index is 0.109. The first-order valence-corrected chi connectivity index (χ1v) is 38.7. The summed E-state index contributed by atoms with van der Waals surface area (Å²) < 4.78 is 0.217. The Bertz CT molecular complexity index is 1920. The fraction of sp³-hybridized carbons (Fsp3) is 0.462. The molecular weight excluding hydrogens is 815 g/mol. The summed E-state index contributed by atoms with van der Waals surface area (Å²) in [5.41, 5.74) is 14.5. The number of fused-ring (bicyclic) bond motifs is 2. The summed E-state index contributed by atoms with van der Waals surface area (Å²) in [5.74, 6) is -1.73. The average Bonchev–Trinajstić information content (AvgIpc) is 3.74. The molecule has 0 heterocycles. The van der Waals surface area contributed by atoms with Crippen LogP contribution in [0.5, 0.6) is 0 Å². The zero-order valence-corrected chi connectivity index (χ0v) is 39.8. The molecule has 0 aliphatic heterocycles. The average molecular weight is 880 g/mol. The van der Waals surface area contributed by atoms with Crippen molar-refractivity contribution < 1.29 is 15.6 Å². The van der Waals surface area contributed by atoms with E-state index < -0.39 is 21.5 Å². The fourth-order valence-electron chi connectivity index (χ4n) is 12.0. The van der Waals surface area contributed by atoms with E-state index in [2.05, 4.69) is 136 Å². The van der Waals surface area contributed by atoms with Crippen molar-refractivity contribution in [2.75, 3.05) is 0 Å². The van der Waals surface area contributed by atoms with Gasteiger partial charge in [-0.1, -0.05) is 0 Å². The molecule has 4 aromatic carbocycles. The molecular formula is C52H65Cl2SiZr. The Balaban J connectivity index is 1.34. The zero-order chi connectivity index (χ0) is 39.0. The van der Waals surface area contributed by atoms with Gasteiger partial charge in [0.2, 0.25) is 0 Å². The SMILES string of the molecule is C[SiH](C)[Zr]([Cl])([Cl])([CH]1C(CC2(C)CCCCCCC2)=Cc2c(-c3ccccc3)cccc21)[CH]1C(CC2(C)CCCCCCC2)=Cc2c(-c3ccccc3)cccc21. The maximum atomic E-state index is 9.18. The molecule has 0 amide bonds. The molecule has 8 rings (SSSR count). The van der Waals surface area contributed by atoms with Crippen molar-refractivity contribution in [3.63, 3.8) is 0 Å². The Morgan fingerprint density at radius 1 is 0.500 bits per heavy atom. The Labute approximate surface area is 348 Å². The van der Waals surface area contributed by atoms with Crippen molar-refractivity contribution in [3.05, 3.63) is 130 Å². The Morgan fingerprint density at radius 2 is 0.857 bits per heavy atom. The van der Waals surface area contributed by atoms with E-state index in [1.165, 1.54) is 134 Å². The first kappa shape index (κ1) is 40.8. The number of halogens is 2. The second-order valence-electron chi connectivity index (χ2n) is 19.5. The molecule has 0 nitrogen and oxygen atoms in total. The molecule has 4 aliphatic rings. The zero-order valence-electron chi connectivity index (χ0n) is 34.7. The predicted molar refractivity (Wildman–Crippen MR) is 246 cm³/mol. The Morgan fingerprint density at radius 3 is 1.21 bits per heavy atom. The van der Waals surface area contributed by atoms with Gasteiger partial charge >= 0.3 is 351 Å². The third-order valence-corrected chi connectivity index (χ3v) is 66.9. The van der Waals surface area contributed by atoms with E-state index in [4.69, 9.17) is 0 Å². The molecule has 2 fully saturated rings. The van der Waals surface area contributed by atoms with E-state index in [9.17, 15) is 17.0 Å². The van der Waals surface area contributed by atoms with Gasteiger partial charge in [-0.15, -0.1) is 0 Å². The van der Waals surface area contributed by atoms with Crippen LogP contribution in [0.3, 0.4) is 0 Å². The second-order valence-corrected chi connectivity index (χ2v) is 62.1. The van der Waals surface area contributed by atoms with Crippen LogP contribution >= 0.6 is 17.0 Å². The Hall–Kier alpha value is -1.96. The maximum absolute atomic E-state index is 9.18. The third-order valence-electron chi connectivity index (χ3n) is 15.1. The van der Waals surface area contributed by atoms with Crippen molar-refractivity contribution in [1.29, 1.82) is 0 Å². The normalized spacial score (nSPS) is 23.0. The van der Waals surface area contributed by atoms with Crippen LogP contribution in [0.4, 0.5) is 0 Å². The molecule has 2 atom stereocenters. The molecule has 0 saturated heterocycles. The standard InChI is InChI=1S/2C25H29.C2H7Si.2ClH.Zr/c2*1-25(15-8-3-2-4-9-16-25)19-20-17-22-13-10-14-23(24(22)18-20)21-11-6-5-7-12-21;1-3-2;;;/h2*5-7,10-14,17-18H,2-4,8-9,15-16,19H2,1H3;3H,1-2H3;2*1H;/q;;;;;+2/p-2. The fourth-order valence-corrected chi connectivity index (χ4v) is 43.3. The topological polar surface area (TPSA) is 0 Å². The van der Waals surface area contributed by atoms with Gasteiger partial charge in [0.15, 0.2) is 0 Å². The van der Waals surface area contributed by atoms with Gasteiger partial charge in [0.25, 0.3) is 0 Å². The number of allylic oxidation sites excluding steroid dienone is 2. The first-order valence-electron chi connectivity index (χ1n) is 22.3. The van der Waals surface area contributed by atoms with Gasteiger partial charge < -0.3 is 0 Å². The number of hydrogen-bond acceptors (Lipinski definition) is 0. The number of rotatable bonds is 9. The van der Waals surface area contributed by atoms with Crippen LogP contribution in [-0.2, 0) is 15.6 Å². The van der Waals surface area contributed by atoms with E-state index in [-0.39, 0.29) is 18.1 Å². The molecule has 0 aromatic heterocycles. The summed E-state index contributed by atoms with van der Waals surface area (Å²) in [6.07, 6.45) is 26.2. The van der Waals surface area contributed by atoms with Crippen LogP contribution in [0, 0.1) is 10.8 Å². The van der Waals surface area contributed by atoms with E-state index in [1.54, 1.807) is 11.1 Å². The van der Waals surface area contributed by atoms with Crippen molar-refractivity contribution >= 4 is 35.1 Å². The molecule has 4 aliphatic carbocycles. The van der Waals surface area contributed by atoms with E-state index in [1.807, 2.05) is 0 Å². The molecule has 4 aromatic rings. The van der Waals surface area contributed by atoms with Crippen LogP contribution in [0.25, 0.3) is 34.4 Å². The van der Waals surface area contributed by atoms with Gasteiger partial charge in [-0.25, -0.2) is 0 Å². The molecule has 4 heteroatoms. The second kappa shape index (κ2) is 16.6. The Kier molecular flexibility index (Phi) is 12.1. The quantitative estimate of drug-likeness (QED) is 0.147. The number of benzene rings is 4. The summed E-state index contributed by atoms with van der Waals surface area (Å²) in [5, 5.41) is 0.